The summed E-state index contributed by atoms with van der Waals surface area (Å²) in [6.45, 7) is 2.26. The maximum atomic E-state index is 8.59. The molecule has 0 bridgehead atoms. The summed E-state index contributed by atoms with van der Waals surface area (Å²) in [7, 11) is 0. The van der Waals surface area contributed by atoms with Crippen molar-refractivity contribution in [3.05, 3.63) is 174 Å². The minimum Gasteiger partial charge on any atom is -0.309 e. The largest absolute Gasteiger partial charge is 0.309 e. The van der Waals surface area contributed by atoms with Crippen LogP contribution in [0.15, 0.2) is 158 Å². The van der Waals surface area contributed by atoms with Gasteiger partial charge in [0, 0.05) is 31.9 Å². The Balaban J connectivity index is 1.41. The second kappa shape index (κ2) is 10.6. The zero-order chi connectivity index (χ0) is 33.0. The zero-order valence-corrected chi connectivity index (χ0v) is 25.5. The molecule has 0 saturated heterocycles. The first kappa shape index (κ1) is 24.0. The second-order valence-electron chi connectivity index (χ2n) is 12.4. The summed E-state index contributed by atoms with van der Waals surface area (Å²) in [5, 5.41) is 2.19. The molecule has 0 fully saturated rings. The van der Waals surface area contributed by atoms with Crippen LogP contribution in [0.25, 0.3) is 44.2 Å². The van der Waals surface area contributed by atoms with Gasteiger partial charge in [0.2, 0.25) is 0 Å². The van der Waals surface area contributed by atoms with Crippen molar-refractivity contribution in [2.24, 2.45) is 0 Å². The van der Waals surface area contributed by atoms with Crippen LogP contribution in [-0.2, 0) is 5.41 Å². The van der Waals surface area contributed by atoms with Crippen molar-refractivity contribution in [1.82, 2.24) is 0 Å². The van der Waals surface area contributed by atoms with Gasteiger partial charge in [-0.25, -0.2) is 0 Å². The highest BCUT2D eigenvalue weighted by molar-refractivity contribution is 6.10. The van der Waals surface area contributed by atoms with E-state index in [2.05, 4.69) is 146 Å². The Morgan fingerprint density at radius 2 is 1.13 bits per heavy atom. The van der Waals surface area contributed by atoms with Crippen LogP contribution in [0.1, 0.15) is 34.7 Å². The van der Waals surface area contributed by atoms with Crippen molar-refractivity contribution in [2.45, 2.75) is 26.1 Å². The molecule has 1 heteroatoms. The van der Waals surface area contributed by atoms with Gasteiger partial charge in [-0.1, -0.05) is 147 Å². The fourth-order valence-corrected chi connectivity index (χ4v) is 7.17. The van der Waals surface area contributed by atoms with Gasteiger partial charge in [0.15, 0.2) is 0 Å². The standard InChI is InChI=1S/C44H35N/c1-30-15-7-14-24-41(30)45(34-27-25-32(26-28-34)36-20-11-10-19-35(36)31-16-5-4-6-17-31)43-37-21-9-8-18-33(37)29-40-42(43)38-22-12-13-23-39(38)44(40,2)3/h4-29H,1-3H3/i1D3. The molecule has 1 aliphatic carbocycles. The van der Waals surface area contributed by atoms with Gasteiger partial charge < -0.3 is 4.90 Å². The van der Waals surface area contributed by atoms with Crippen LogP contribution in [0.4, 0.5) is 17.1 Å². The van der Waals surface area contributed by atoms with E-state index in [-0.39, 0.29) is 5.41 Å². The second-order valence-corrected chi connectivity index (χ2v) is 12.4. The van der Waals surface area contributed by atoms with Crippen LogP contribution in [0.3, 0.4) is 0 Å². The molecule has 1 nitrogen and oxygen atoms in total. The molecule has 7 aromatic rings. The lowest BCUT2D eigenvalue weighted by Crippen LogP contribution is -2.16. The number of rotatable bonds is 5. The summed E-state index contributed by atoms with van der Waals surface area (Å²) in [5.74, 6) is 0. The molecule has 0 atom stereocenters. The number of hydrogen-bond donors (Lipinski definition) is 0. The van der Waals surface area contributed by atoms with Crippen LogP contribution in [0.5, 0.6) is 0 Å². The van der Waals surface area contributed by atoms with Crippen LogP contribution in [0, 0.1) is 6.85 Å². The van der Waals surface area contributed by atoms with E-state index >= 15 is 0 Å². The first-order valence-corrected chi connectivity index (χ1v) is 15.5. The first-order valence-electron chi connectivity index (χ1n) is 17.0. The van der Waals surface area contributed by atoms with Gasteiger partial charge in [-0.05, 0) is 81.0 Å². The lowest BCUT2D eigenvalue weighted by atomic mass is 9.81. The lowest BCUT2D eigenvalue weighted by Gasteiger charge is -2.31. The topological polar surface area (TPSA) is 3.24 Å². The maximum Gasteiger partial charge on any atom is 0.0621 e. The molecule has 0 aromatic heterocycles. The summed E-state index contributed by atoms with van der Waals surface area (Å²) in [6, 6.07) is 54.4. The van der Waals surface area contributed by atoms with Gasteiger partial charge in [0.05, 0.1) is 5.69 Å². The van der Waals surface area contributed by atoms with Crippen molar-refractivity contribution < 1.29 is 4.11 Å². The Bertz CT molecular complexity index is 2300. The SMILES string of the molecule is [2H]C([2H])([2H])c1ccccc1N(c1ccc(-c2ccccc2-c2ccccc2)cc1)c1c2c(cc3ccccc13)C(C)(C)c1ccccc1-2. The third-order valence-electron chi connectivity index (χ3n) is 9.38. The molecular formula is C44H35N. The molecule has 0 spiro atoms. The molecule has 7 aromatic carbocycles. The van der Waals surface area contributed by atoms with Gasteiger partial charge in [-0.2, -0.15) is 0 Å². The van der Waals surface area contributed by atoms with Gasteiger partial charge in [-0.15, -0.1) is 0 Å². The van der Waals surface area contributed by atoms with Crippen molar-refractivity contribution in [2.75, 3.05) is 4.90 Å². The van der Waals surface area contributed by atoms with Crippen LogP contribution >= 0.6 is 0 Å². The van der Waals surface area contributed by atoms with E-state index in [1.807, 2.05) is 24.3 Å². The molecule has 8 rings (SSSR count). The fourth-order valence-electron chi connectivity index (χ4n) is 7.17. The van der Waals surface area contributed by atoms with Crippen molar-refractivity contribution in [1.29, 1.82) is 0 Å². The van der Waals surface area contributed by atoms with Crippen LogP contribution in [0.2, 0.25) is 0 Å². The van der Waals surface area contributed by atoms with E-state index in [1.165, 1.54) is 22.3 Å². The molecule has 0 saturated carbocycles. The van der Waals surface area contributed by atoms with E-state index in [9.17, 15) is 0 Å². The van der Waals surface area contributed by atoms with Crippen LogP contribution in [-0.4, -0.2) is 0 Å². The minimum absolute atomic E-state index is 0.231. The third-order valence-corrected chi connectivity index (χ3v) is 9.38. The summed E-state index contributed by atoms with van der Waals surface area (Å²) in [6.07, 6.45) is 0. The molecule has 1 aliphatic rings. The van der Waals surface area contributed by atoms with Crippen molar-refractivity contribution >= 4 is 27.8 Å². The summed E-state index contributed by atoms with van der Waals surface area (Å²) < 4.78 is 25.8. The number of benzene rings is 7. The zero-order valence-electron chi connectivity index (χ0n) is 28.5. The number of anilines is 3. The number of para-hydroxylation sites is 1. The predicted octanol–water partition coefficient (Wildman–Crippen LogP) is 12.3. The molecule has 0 aliphatic heterocycles. The number of hydrogen-bond acceptors (Lipinski definition) is 1. The molecule has 0 heterocycles. The third kappa shape index (κ3) is 4.38. The Kier molecular flexibility index (Phi) is 5.67. The highest BCUT2D eigenvalue weighted by Gasteiger charge is 2.39. The van der Waals surface area contributed by atoms with E-state index in [1.54, 1.807) is 6.07 Å². The van der Waals surface area contributed by atoms with Gasteiger partial charge >= 0.3 is 0 Å². The average Bonchev–Trinajstić information content (AvgIpc) is 3.34. The Hall–Kier alpha value is -5.40. The Morgan fingerprint density at radius 3 is 1.89 bits per heavy atom. The number of nitrogens with zero attached hydrogens (tertiary/aromatic N) is 1. The van der Waals surface area contributed by atoms with E-state index in [0.717, 1.165) is 44.4 Å². The highest BCUT2D eigenvalue weighted by Crippen LogP contribution is 2.56. The quantitative estimate of drug-likeness (QED) is 0.196. The summed E-state index contributed by atoms with van der Waals surface area (Å²) >= 11 is 0. The van der Waals surface area contributed by atoms with Crippen molar-refractivity contribution in [3.8, 4) is 33.4 Å². The molecular weight excluding hydrogens is 542 g/mol. The first-order chi connectivity index (χ1) is 23.2. The van der Waals surface area contributed by atoms with Gasteiger partial charge in [0.1, 0.15) is 0 Å². The van der Waals surface area contributed by atoms with E-state index in [0.29, 0.717) is 11.3 Å². The fraction of sp³-hybridized carbons (Fsp3) is 0.0909. The molecule has 216 valence electrons. The summed E-state index contributed by atoms with van der Waals surface area (Å²) in [5.41, 5.74) is 12.0. The Morgan fingerprint density at radius 1 is 0.533 bits per heavy atom. The minimum atomic E-state index is -2.31. The monoisotopic (exact) mass is 580 g/mol. The highest BCUT2D eigenvalue weighted by atomic mass is 15.1. The maximum absolute atomic E-state index is 8.59. The molecule has 45 heavy (non-hydrogen) atoms. The van der Waals surface area contributed by atoms with E-state index < -0.39 is 6.85 Å². The molecule has 0 radical (unpaired) electrons. The smallest absolute Gasteiger partial charge is 0.0621 e. The molecule has 0 amide bonds. The molecule has 0 unspecified atom stereocenters. The number of aryl methyl sites for hydroxylation is 1. The van der Waals surface area contributed by atoms with Crippen molar-refractivity contribution in [3.63, 3.8) is 0 Å². The molecule has 0 N–H and O–H groups in total. The predicted molar refractivity (Wildman–Crippen MR) is 192 cm³/mol. The van der Waals surface area contributed by atoms with Crippen LogP contribution < -0.4 is 4.90 Å². The summed E-state index contributed by atoms with van der Waals surface area (Å²) in [4.78, 5) is 2.19. The average molecular weight is 581 g/mol. The Labute approximate surface area is 270 Å². The lowest BCUT2D eigenvalue weighted by molar-refractivity contribution is 0.661. The van der Waals surface area contributed by atoms with E-state index in [4.69, 9.17) is 4.11 Å². The van der Waals surface area contributed by atoms with Gasteiger partial charge in [-0.3, -0.25) is 0 Å². The normalized spacial score (nSPS) is 14.2. The van der Waals surface area contributed by atoms with Gasteiger partial charge in [0.25, 0.3) is 0 Å². The number of fused-ring (bicyclic) bond motifs is 4.